The number of halogens is 1. The van der Waals surface area contributed by atoms with Crippen LogP contribution in [-0.2, 0) is 20.7 Å². The number of hydrogen-bond donors (Lipinski definition) is 1. The van der Waals surface area contributed by atoms with Crippen LogP contribution in [0.15, 0.2) is 59.1 Å². The van der Waals surface area contributed by atoms with Crippen LogP contribution in [0.25, 0.3) is 16.9 Å². The molecule has 0 amide bonds. The molecule has 1 aromatic heterocycles. The minimum atomic E-state index is -0.737. The highest BCUT2D eigenvalue weighted by atomic mass is 35.5. The topological polar surface area (TPSA) is 89.6 Å². The van der Waals surface area contributed by atoms with Crippen LogP contribution in [0.3, 0.4) is 0 Å². The van der Waals surface area contributed by atoms with Gasteiger partial charge in [0, 0.05) is 21.7 Å². The molecule has 3 aromatic rings. The van der Waals surface area contributed by atoms with Gasteiger partial charge in [-0.1, -0.05) is 65.3 Å². The van der Waals surface area contributed by atoms with Crippen molar-refractivity contribution < 1.29 is 24.0 Å². The highest BCUT2D eigenvalue weighted by molar-refractivity contribution is 6.31. The third-order valence-electron chi connectivity index (χ3n) is 6.24. The molecule has 0 saturated carbocycles. The van der Waals surface area contributed by atoms with Crippen molar-refractivity contribution >= 4 is 29.1 Å². The van der Waals surface area contributed by atoms with E-state index in [1.807, 2.05) is 48.5 Å². The molecule has 4 rings (SSSR count). The molecule has 176 valence electrons. The number of aryl methyl sites for hydroxylation is 1. The van der Waals surface area contributed by atoms with E-state index in [1.165, 1.54) is 0 Å². The number of carbonyl (C=O) groups excluding carboxylic acids is 1. The molecule has 0 saturated heterocycles. The molecule has 1 aliphatic rings. The predicted molar refractivity (Wildman–Crippen MR) is 129 cm³/mol. The Kier molecular flexibility index (Phi) is 7.17. The van der Waals surface area contributed by atoms with Gasteiger partial charge in [0.1, 0.15) is 6.10 Å². The Morgan fingerprint density at radius 1 is 1.18 bits per heavy atom. The molecule has 34 heavy (non-hydrogen) atoms. The number of carboxylic acid groups (broad SMARTS) is 1. The van der Waals surface area contributed by atoms with Crippen molar-refractivity contribution in [1.82, 2.24) is 5.16 Å². The van der Waals surface area contributed by atoms with Gasteiger partial charge in [-0.25, -0.2) is 0 Å². The molecule has 0 radical (unpaired) electrons. The molecule has 1 heterocycles. The second kappa shape index (κ2) is 10.3. The van der Waals surface area contributed by atoms with Crippen LogP contribution in [0.1, 0.15) is 54.7 Å². The molecule has 0 bridgehead atoms. The summed E-state index contributed by atoms with van der Waals surface area (Å²) in [5.41, 5.74) is 5.09. The Morgan fingerprint density at radius 2 is 1.88 bits per heavy atom. The first kappa shape index (κ1) is 23.8. The number of carboxylic acids is 1. The molecular weight excluding hydrogens is 454 g/mol. The maximum atomic E-state index is 12.7. The largest absolute Gasteiger partial charge is 0.481 e. The Balaban J connectivity index is 1.47. The molecule has 1 N–H and O–H groups in total. The monoisotopic (exact) mass is 479 g/mol. The van der Waals surface area contributed by atoms with Crippen LogP contribution >= 0.6 is 11.6 Å². The van der Waals surface area contributed by atoms with E-state index in [0.717, 1.165) is 28.7 Å². The van der Waals surface area contributed by atoms with E-state index in [-0.39, 0.29) is 12.3 Å². The summed E-state index contributed by atoms with van der Waals surface area (Å²) in [6.45, 7) is 3.59. The first-order chi connectivity index (χ1) is 16.3. The van der Waals surface area contributed by atoms with Crippen LogP contribution in [0, 0.1) is 12.8 Å². The fourth-order valence-electron chi connectivity index (χ4n) is 4.23. The summed E-state index contributed by atoms with van der Waals surface area (Å²) in [4.78, 5) is 23.9. The summed E-state index contributed by atoms with van der Waals surface area (Å²) in [7, 11) is 0. The number of benzene rings is 2. The smallest absolute Gasteiger partial charge is 0.311 e. The molecule has 2 aromatic carbocycles. The third kappa shape index (κ3) is 5.23. The number of carbonyl (C=O) groups is 2. The van der Waals surface area contributed by atoms with E-state index in [0.29, 0.717) is 34.9 Å². The fourth-order valence-corrected chi connectivity index (χ4v) is 4.52. The van der Waals surface area contributed by atoms with Gasteiger partial charge in [0.15, 0.2) is 5.76 Å². The average Bonchev–Trinajstić information content (AvgIpc) is 3.19. The van der Waals surface area contributed by atoms with Gasteiger partial charge in [-0.15, -0.1) is 0 Å². The Morgan fingerprint density at radius 3 is 2.53 bits per heavy atom. The summed E-state index contributed by atoms with van der Waals surface area (Å²) in [6, 6.07) is 15.1. The zero-order chi connectivity index (χ0) is 24.2. The van der Waals surface area contributed by atoms with Gasteiger partial charge in [0.25, 0.3) is 0 Å². The van der Waals surface area contributed by atoms with Crippen molar-refractivity contribution in [3.8, 4) is 11.3 Å². The summed E-state index contributed by atoms with van der Waals surface area (Å²) >= 11 is 6.22. The van der Waals surface area contributed by atoms with E-state index in [9.17, 15) is 14.7 Å². The van der Waals surface area contributed by atoms with Crippen molar-refractivity contribution in [3.63, 3.8) is 0 Å². The summed E-state index contributed by atoms with van der Waals surface area (Å²) < 4.78 is 11.2. The number of hydrogen-bond acceptors (Lipinski definition) is 5. The molecule has 0 fully saturated rings. The first-order valence-electron chi connectivity index (χ1n) is 11.2. The number of nitrogens with zero attached hydrogens (tertiary/aromatic N) is 1. The van der Waals surface area contributed by atoms with Crippen LogP contribution in [0.4, 0.5) is 0 Å². The zero-order valence-corrected chi connectivity index (χ0v) is 19.8. The second-order valence-electron chi connectivity index (χ2n) is 8.52. The standard InChI is InChI=1S/C27H26ClNO5/c1-16-23(15-25(30)33-17(2)22-5-3-4-6-24(22)28)26(34-29-16)20-11-7-18(8-12-20)19-9-13-21(14-10-19)27(31)32/h3-9,11-12,17,21H,10,13-15H2,1-2H3,(H,31,32). The number of ether oxygens (including phenoxy) is 1. The number of allylic oxidation sites excluding steroid dienone is 2. The molecule has 0 spiro atoms. The van der Waals surface area contributed by atoms with Gasteiger partial charge >= 0.3 is 11.9 Å². The van der Waals surface area contributed by atoms with Crippen LogP contribution < -0.4 is 0 Å². The molecule has 2 atom stereocenters. The van der Waals surface area contributed by atoms with Gasteiger partial charge < -0.3 is 14.4 Å². The van der Waals surface area contributed by atoms with Gasteiger partial charge in [-0.05, 0) is 50.3 Å². The summed E-state index contributed by atoms with van der Waals surface area (Å²) in [5.74, 6) is -0.895. The summed E-state index contributed by atoms with van der Waals surface area (Å²) in [6.07, 6.45) is 3.49. The Labute approximate surface area is 203 Å². The minimum absolute atomic E-state index is 0.0307. The molecule has 6 nitrogen and oxygen atoms in total. The predicted octanol–water partition coefficient (Wildman–Crippen LogP) is 6.42. The third-order valence-corrected chi connectivity index (χ3v) is 6.58. The first-order valence-corrected chi connectivity index (χ1v) is 11.6. The highest BCUT2D eigenvalue weighted by Gasteiger charge is 2.23. The number of esters is 1. The molecule has 2 unspecified atom stereocenters. The van der Waals surface area contributed by atoms with E-state index >= 15 is 0 Å². The molecule has 1 aliphatic carbocycles. The van der Waals surface area contributed by atoms with E-state index in [4.69, 9.17) is 20.9 Å². The number of rotatable bonds is 7. The lowest BCUT2D eigenvalue weighted by atomic mass is 9.86. The number of aromatic nitrogens is 1. The van der Waals surface area contributed by atoms with Crippen molar-refractivity contribution in [3.05, 3.63) is 82.0 Å². The fraction of sp³-hybridized carbons (Fsp3) is 0.296. The van der Waals surface area contributed by atoms with Gasteiger partial charge in [-0.3, -0.25) is 9.59 Å². The second-order valence-corrected chi connectivity index (χ2v) is 8.93. The lowest BCUT2D eigenvalue weighted by Gasteiger charge is -2.18. The molecule has 7 heteroatoms. The van der Waals surface area contributed by atoms with Crippen molar-refractivity contribution in [2.75, 3.05) is 0 Å². The quantitative estimate of drug-likeness (QED) is 0.393. The maximum absolute atomic E-state index is 12.7. The molecular formula is C27H26ClNO5. The number of aliphatic carboxylic acids is 1. The van der Waals surface area contributed by atoms with E-state index in [2.05, 4.69) is 5.16 Å². The van der Waals surface area contributed by atoms with Crippen LogP contribution in [0.2, 0.25) is 5.02 Å². The van der Waals surface area contributed by atoms with Gasteiger partial charge in [0.2, 0.25) is 0 Å². The van der Waals surface area contributed by atoms with E-state index < -0.39 is 18.0 Å². The van der Waals surface area contributed by atoms with Gasteiger partial charge in [0.05, 0.1) is 18.0 Å². The van der Waals surface area contributed by atoms with Crippen LogP contribution in [-0.4, -0.2) is 22.2 Å². The lowest BCUT2D eigenvalue weighted by molar-refractivity contribution is -0.147. The highest BCUT2D eigenvalue weighted by Crippen LogP contribution is 2.33. The lowest BCUT2D eigenvalue weighted by Crippen LogP contribution is -2.15. The summed E-state index contributed by atoms with van der Waals surface area (Å²) in [5, 5.41) is 13.8. The zero-order valence-electron chi connectivity index (χ0n) is 19.1. The van der Waals surface area contributed by atoms with Gasteiger partial charge in [-0.2, -0.15) is 0 Å². The average molecular weight is 480 g/mol. The van der Waals surface area contributed by atoms with Crippen molar-refractivity contribution in [2.45, 2.75) is 45.6 Å². The maximum Gasteiger partial charge on any atom is 0.311 e. The van der Waals surface area contributed by atoms with E-state index in [1.54, 1.807) is 19.9 Å². The van der Waals surface area contributed by atoms with Crippen molar-refractivity contribution in [2.24, 2.45) is 5.92 Å². The molecule has 0 aliphatic heterocycles. The normalized spacial score (nSPS) is 16.6. The Hall–Kier alpha value is -3.38. The minimum Gasteiger partial charge on any atom is -0.481 e. The van der Waals surface area contributed by atoms with Crippen LogP contribution in [0.5, 0.6) is 0 Å². The SMILES string of the molecule is Cc1noc(-c2ccc(C3=CCC(C(=O)O)CC3)cc2)c1CC(=O)OC(C)c1ccccc1Cl. The van der Waals surface area contributed by atoms with Crippen molar-refractivity contribution in [1.29, 1.82) is 0 Å². The Bertz CT molecular complexity index is 1230.